The van der Waals surface area contributed by atoms with Gasteiger partial charge in [-0.1, -0.05) is 32.0 Å². The second kappa shape index (κ2) is 7.60. The van der Waals surface area contributed by atoms with Gasteiger partial charge < -0.3 is 10.6 Å². The van der Waals surface area contributed by atoms with Gasteiger partial charge in [-0.05, 0) is 36.7 Å². The lowest BCUT2D eigenvalue weighted by atomic mass is 9.98. The summed E-state index contributed by atoms with van der Waals surface area (Å²) in [6.07, 6.45) is 2.15. The Hall–Kier alpha value is -1.92. The summed E-state index contributed by atoms with van der Waals surface area (Å²) in [5.41, 5.74) is 6.46. The minimum absolute atomic E-state index is 0. The molecule has 4 rings (SSSR count). The number of nitrogens with zero attached hydrogens (tertiary/aromatic N) is 3. The van der Waals surface area contributed by atoms with Crippen molar-refractivity contribution < 1.29 is 4.79 Å². The van der Waals surface area contributed by atoms with E-state index in [0.717, 1.165) is 19.4 Å². The molecule has 0 spiro atoms. The summed E-state index contributed by atoms with van der Waals surface area (Å²) in [4.78, 5) is 27.9. The molecule has 2 heterocycles. The number of amides is 1. The van der Waals surface area contributed by atoms with Crippen LogP contribution in [-0.2, 0) is 6.54 Å². The van der Waals surface area contributed by atoms with Crippen LogP contribution in [0.25, 0.3) is 10.8 Å². The van der Waals surface area contributed by atoms with Crippen LogP contribution in [-0.4, -0.2) is 39.7 Å². The number of carbonyl (C=O) groups excluding carboxylic acids is 1. The van der Waals surface area contributed by atoms with Gasteiger partial charge in [0.25, 0.3) is 11.5 Å². The molecule has 0 radical (unpaired) electrons. The average molecular weight is 391 g/mol. The molecule has 2 aromatic rings. The predicted octanol–water partition coefficient (Wildman–Crippen LogP) is 2.28. The molecule has 3 atom stereocenters. The van der Waals surface area contributed by atoms with Crippen LogP contribution in [0, 0.1) is 17.8 Å². The summed E-state index contributed by atoms with van der Waals surface area (Å²) in [5, 5.41) is 5.68. The number of nitrogens with two attached hydrogens (primary N) is 1. The highest BCUT2D eigenvalue weighted by Crippen LogP contribution is 2.37. The lowest BCUT2D eigenvalue weighted by Gasteiger charge is -2.20. The molecule has 7 heteroatoms. The third-order valence-electron chi connectivity index (χ3n) is 5.81. The zero-order valence-corrected chi connectivity index (χ0v) is 16.6. The van der Waals surface area contributed by atoms with E-state index in [1.54, 1.807) is 6.07 Å². The van der Waals surface area contributed by atoms with Crippen LogP contribution in [0.4, 0.5) is 0 Å². The Morgan fingerprint density at radius 3 is 2.59 bits per heavy atom. The number of hydrogen-bond donors (Lipinski definition) is 1. The summed E-state index contributed by atoms with van der Waals surface area (Å²) >= 11 is 0. The lowest BCUT2D eigenvalue weighted by molar-refractivity contribution is 0.0773. The Labute approximate surface area is 165 Å². The van der Waals surface area contributed by atoms with E-state index >= 15 is 0 Å². The fourth-order valence-corrected chi connectivity index (χ4v) is 4.49. The van der Waals surface area contributed by atoms with Crippen molar-refractivity contribution in [2.45, 2.75) is 39.3 Å². The molecule has 3 unspecified atom stereocenters. The molecule has 27 heavy (non-hydrogen) atoms. The molecule has 2 N–H and O–H groups in total. The number of hydrogen-bond acceptors (Lipinski definition) is 4. The van der Waals surface area contributed by atoms with Crippen molar-refractivity contribution in [3.05, 3.63) is 40.3 Å². The highest BCUT2D eigenvalue weighted by atomic mass is 35.5. The van der Waals surface area contributed by atoms with Crippen LogP contribution in [0.3, 0.4) is 0 Å². The number of benzene rings is 1. The average Bonchev–Trinajstić information content (AvgIpc) is 3.19. The van der Waals surface area contributed by atoms with E-state index in [1.165, 1.54) is 4.68 Å². The maximum Gasteiger partial charge on any atom is 0.274 e. The molecule has 1 amide bonds. The monoisotopic (exact) mass is 390 g/mol. The summed E-state index contributed by atoms with van der Waals surface area (Å²) < 4.78 is 1.45. The van der Waals surface area contributed by atoms with Crippen LogP contribution in [0.1, 0.15) is 37.2 Å². The maximum atomic E-state index is 13.3. The zero-order chi connectivity index (χ0) is 18.4. The van der Waals surface area contributed by atoms with Crippen LogP contribution >= 0.6 is 12.4 Å². The van der Waals surface area contributed by atoms with Gasteiger partial charge >= 0.3 is 0 Å². The number of rotatable bonds is 3. The van der Waals surface area contributed by atoms with Crippen molar-refractivity contribution in [3.8, 4) is 0 Å². The van der Waals surface area contributed by atoms with Crippen LogP contribution in [0.5, 0.6) is 0 Å². The Morgan fingerprint density at radius 2 is 1.93 bits per heavy atom. The number of carbonyl (C=O) groups is 1. The summed E-state index contributed by atoms with van der Waals surface area (Å²) in [5.74, 6) is 1.09. The third-order valence-corrected chi connectivity index (χ3v) is 5.81. The van der Waals surface area contributed by atoms with Crippen molar-refractivity contribution in [1.29, 1.82) is 0 Å². The van der Waals surface area contributed by atoms with Gasteiger partial charge in [0.2, 0.25) is 0 Å². The van der Waals surface area contributed by atoms with Crippen molar-refractivity contribution in [2.75, 3.05) is 13.1 Å². The fraction of sp³-hybridized carbons (Fsp3) is 0.550. The smallest absolute Gasteiger partial charge is 0.274 e. The molecule has 2 aliphatic rings. The number of fused-ring (bicyclic) bond motifs is 2. The van der Waals surface area contributed by atoms with Crippen molar-refractivity contribution in [2.24, 2.45) is 23.5 Å². The first-order valence-electron chi connectivity index (χ1n) is 9.50. The van der Waals surface area contributed by atoms with Crippen molar-refractivity contribution >= 4 is 29.1 Å². The predicted molar refractivity (Wildman–Crippen MR) is 108 cm³/mol. The largest absolute Gasteiger partial charge is 0.337 e. The van der Waals surface area contributed by atoms with Gasteiger partial charge in [0.05, 0.1) is 5.39 Å². The van der Waals surface area contributed by atoms with Crippen molar-refractivity contribution in [3.63, 3.8) is 0 Å². The number of halogens is 1. The van der Waals surface area contributed by atoms with E-state index < -0.39 is 0 Å². The molecule has 1 saturated heterocycles. The van der Waals surface area contributed by atoms with Gasteiger partial charge in [-0.2, -0.15) is 5.10 Å². The highest BCUT2D eigenvalue weighted by Gasteiger charge is 2.43. The Bertz CT molecular complexity index is 910. The first-order valence-corrected chi connectivity index (χ1v) is 9.50. The quantitative estimate of drug-likeness (QED) is 0.871. The van der Waals surface area contributed by atoms with E-state index in [9.17, 15) is 9.59 Å². The molecule has 1 aromatic carbocycles. The Kier molecular flexibility index (Phi) is 5.58. The normalized spacial score (nSPS) is 24.3. The van der Waals surface area contributed by atoms with E-state index in [-0.39, 0.29) is 35.8 Å². The first kappa shape index (κ1) is 19.8. The molecule has 6 nitrogen and oxygen atoms in total. The fourth-order valence-electron chi connectivity index (χ4n) is 4.49. The number of likely N-dealkylation sites (tertiary alicyclic amines) is 1. The molecule has 0 bridgehead atoms. The summed E-state index contributed by atoms with van der Waals surface area (Å²) in [7, 11) is 0. The minimum Gasteiger partial charge on any atom is -0.337 e. The van der Waals surface area contributed by atoms with Gasteiger partial charge in [-0.15, -0.1) is 12.4 Å². The summed E-state index contributed by atoms with van der Waals surface area (Å²) in [6.45, 7) is 6.02. The van der Waals surface area contributed by atoms with Crippen LogP contribution in [0.2, 0.25) is 0 Å². The third kappa shape index (κ3) is 3.48. The van der Waals surface area contributed by atoms with Crippen LogP contribution < -0.4 is 11.3 Å². The van der Waals surface area contributed by atoms with E-state index in [0.29, 0.717) is 41.4 Å². The van der Waals surface area contributed by atoms with E-state index in [2.05, 4.69) is 5.10 Å². The molecular formula is C20H27ClN4O2. The van der Waals surface area contributed by atoms with E-state index in [1.807, 2.05) is 36.9 Å². The Morgan fingerprint density at radius 1 is 1.22 bits per heavy atom. The Balaban J connectivity index is 0.00000210. The van der Waals surface area contributed by atoms with Crippen molar-refractivity contribution in [1.82, 2.24) is 14.7 Å². The van der Waals surface area contributed by atoms with Crippen LogP contribution in [0.15, 0.2) is 29.1 Å². The van der Waals surface area contributed by atoms with Gasteiger partial charge in [-0.3, -0.25) is 9.59 Å². The molecule has 1 aliphatic carbocycles. The highest BCUT2D eigenvalue weighted by molar-refractivity contribution is 6.04. The number of aromatic nitrogens is 2. The van der Waals surface area contributed by atoms with Gasteiger partial charge in [0.1, 0.15) is 0 Å². The molecule has 1 saturated carbocycles. The second-order valence-electron chi connectivity index (χ2n) is 8.15. The topological polar surface area (TPSA) is 81.2 Å². The second-order valence-corrected chi connectivity index (χ2v) is 8.15. The SMILES string of the molecule is CC(C)Cn1nc(C(=O)N2CC3CCC(N)C3C2)c2ccccc2c1=O.Cl. The lowest BCUT2D eigenvalue weighted by Crippen LogP contribution is -2.36. The maximum absolute atomic E-state index is 13.3. The minimum atomic E-state index is -0.133. The van der Waals surface area contributed by atoms with Gasteiger partial charge in [0, 0.05) is 31.1 Å². The molecule has 146 valence electrons. The molecule has 1 aliphatic heterocycles. The molecular weight excluding hydrogens is 364 g/mol. The van der Waals surface area contributed by atoms with Gasteiger partial charge in [0.15, 0.2) is 5.69 Å². The molecule has 1 aromatic heterocycles. The zero-order valence-electron chi connectivity index (χ0n) is 15.8. The first-order chi connectivity index (χ1) is 12.5. The molecule has 2 fully saturated rings. The standard InChI is InChI=1S/C20H26N4O2.ClH/c1-12(2)9-24-19(25)15-6-4-3-5-14(15)18(22-24)20(26)23-10-13-7-8-17(21)16(13)11-23;/h3-6,12-13,16-17H,7-11,21H2,1-2H3;1H. The van der Waals surface area contributed by atoms with Gasteiger partial charge in [-0.25, -0.2) is 4.68 Å². The van der Waals surface area contributed by atoms with E-state index in [4.69, 9.17) is 5.73 Å². The summed E-state index contributed by atoms with van der Waals surface area (Å²) in [6, 6.07) is 7.47.